The van der Waals surface area contributed by atoms with E-state index in [0.29, 0.717) is 6.42 Å². The van der Waals surface area contributed by atoms with E-state index >= 15 is 0 Å². The summed E-state index contributed by atoms with van der Waals surface area (Å²) in [6.07, 6.45) is -12.6. The number of hydrogen-bond acceptors (Lipinski definition) is 11. The SMILES string of the molecule is CCCO[C@@H]1OC(CO)[C@@H](O[C@@H]2OC(CS)[C@@H](O)[C@H](O)C2O)[C@H](O)C1O. The van der Waals surface area contributed by atoms with Gasteiger partial charge in [-0.2, -0.15) is 12.6 Å². The molecule has 26 heavy (non-hydrogen) atoms. The lowest BCUT2D eigenvalue weighted by Crippen LogP contribution is -2.64. The van der Waals surface area contributed by atoms with E-state index in [1.807, 2.05) is 6.92 Å². The standard InChI is InChI=1S/C15H28O10S/c1-2-3-22-14-12(21)10(19)13(6(4-16)23-14)25-15-11(20)9(18)8(17)7(5-26)24-15/h6-21,26H,2-5H2,1H3/t6?,7?,8-,9+,10-,11?,12?,13-,14-,15+/m1/s1. The summed E-state index contributed by atoms with van der Waals surface area (Å²) in [7, 11) is 0. The second-order valence-electron chi connectivity index (χ2n) is 6.38. The molecule has 0 bridgehead atoms. The smallest absolute Gasteiger partial charge is 0.187 e. The average Bonchev–Trinajstić information content (AvgIpc) is 2.64. The third kappa shape index (κ3) is 4.67. The minimum atomic E-state index is -1.61. The van der Waals surface area contributed by atoms with Gasteiger partial charge in [-0.3, -0.25) is 0 Å². The molecule has 0 amide bonds. The molecule has 2 fully saturated rings. The molecule has 0 aromatic carbocycles. The van der Waals surface area contributed by atoms with E-state index in [4.69, 9.17) is 18.9 Å². The van der Waals surface area contributed by atoms with Crippen molar-refractivity contribution in [3.05, 3.63) is 0 Å². The number of aliphatic hydroxyl groups excluding tert-OH is 6. The zero-order valence-corrected chi connectivity index (χ0v) is 15.3. The molecule has 4 unspecified atom stereocenters. The number of hydrogen-bond donors (Lipinski definition) is 7. The predicted octanol–water partition coefficient (Wildman–Crippen LogP) is -3.03. The van der Waals surface area contributed by atoms with Crippen LogP contribution in [0.3, 0.4) is 0 Å². The fourth-order valence-electron chi connectivity index (χ4n) is 2.93. The Bertz CT molecular complexity index is 425. The molecule has 0 aromatic rings. The fraction of sp³-hybridized carbons (Fsp3) is 1.00. The molecule has 2 heterocycles. The van der Waals surface area contributed by atoms with Crippen LogP contribution in [0, 0.1) is 0 Å². The monoisotopic (exact) mass is 400 g/mol. The lowest BCUT2D eigenvalue weighted by Gasteiger charge is -2.46. The van der Waals surface area contributed by atoms with Crippen LogP contribution in [0.1, 0.15) is 13.3 Å². The summed E-state index contributed by atoms with van der Waals surface area (Å²) in [5.74, 6) is 0.0491. The summed E-state index contributed by atoms with van der Waals surface area (Å²) in [4.78, 5) is 0. The minimum Gasteiger partial charge on any atom is -0.394 e. The van der Waals surface area contributed by atoms with Gasteiger partial charge in [0.1, 0.15) is 42.7 Å². The van der Waals surface area contributed by atoms with Crippen molar-refractivity contribution in [2.45, 2.75) is 74.8 Å². The van der Waals surface area contributed by atoms with Crippen LogP contribution in [0.15, 0.2) is 0 Å². The molecule has 2 saturated heterocycles. The zero-order valence-electron chi connectivity index (χ0n) is 14.4. The molecule has 10 nitrogen and oxygen atoms in total. The topological polar surface area (TPSA) is 158 Å². The highest BCUT2D eigenvalue weighted by atomic mass is 32.1. The Hall–Kier alpha value is -0.0500. The van der Waals surface area contributed by atoms with Crippen LogP contribution in [0.4, 0.5) is 0 Å². The Labute approximate surface area is 156 Å². The van der Waals surface area contributed by atoms with Gasteiger partial charge in [0.15, 0.2) is 12.6 Å². The van der Waals surface area contributed by atoms with Crippen molar-refractivity contribution in [3.8, 4) is 0 Å². The fourth-order valence-corrected chi connectivity index (χ4v) is 3.23. The van der Waals surface area contributed by atoms with Crippen molar-refractivity contribution in [3.63, 3.8) is 0 Å². The van der Waals surface area contributed by atoms with Crippen LogP contribution in [-0.4, -0.2) is 111 Å². The summed E-state index contributed by atoms with van der Waals surface area (Å²) < 4.78 is 21.6. The van der Waals surface area contributed by atoms with Gasteiger partial charge in [-0.05, 0) is 6.42 Å². The Morgan fingerprint density at radius 1 is 0.846 bits per heavy atom. The summed E-state index contributed by atoms with van der Waals surface area (Å²) in [6.45, 7) is 1.60. The van der Waals surface area contributed by atoms with Crippen LogP contribution in [0.25, 0.3) is 0 Å². The third-order valence-corrected chi connectivity index (χ3v) is 4.81. The van der Waals surface area contributed by atoms with E-state index in [9.17, 15) is 30.6 Å². The number of aliphatic hydroxyl groups is 6. The van der Waals surface area contributed by atoms with E-state index in [2.05, 4.69) is 12.6 Å². The molecule has 0 saturated carbocycles. The maximum Gasteiger partial charge on any atom is 0.187 e. The molecule has 2 aliphatic heterocycles. The van der Waals surface area contributed by atoms with Crippen molar-refractivity contribution in [1.82, 2.24) is 0 Å². The van der Waals surface area contributed by atoms with Crippen molar-refractivity contribution in [1.29, 1.82) is 0 Å². The Morgan fingerprint density at radius 3 is 2.04 bits per heavy atom. The van der Waals surface area contributed by atoms with Crippen molar-refractivity contribution in [2.75, 3.05) is 19.0 Å². The van der Waals surface area contributed by atoms with Gasteiger partial charge in [-0.25, -0.2) is 0 Å². The molecule has 0 radical (unpaired) electrons. The van der Waals surface area contributed by atoms with Gasteiger partial charge in [-0.15, -0.1) is 0 Å². The van der Waals surface area contributed by atoms with Gasteiger partial charge < -0.3 is 49.6 Å². The quantitative estimate of drug-likeness (QED) is 0.219. The van der Waals surface area contributed by atoms with E-state index < -0.39 is 68.0 Å². The van der Waals surface area contributed by atoms with Gasteiger partial charge in [0, 0.05) is 12.4 Å². The Morgan fingerprint density at radius 2 is 1.46 bits per heavy atom. The summed E-state index contributed by atoms with van der Waals surface area (Å²) in [5, 5.41) is 59.9. The first-order valence-electron chi connectivity index (χ1n) is 8.55. The van der Waals surface area contributed by atoms with Gasteiger partial charge in [-0.1, -0.05) is 6.92 Å². The third-order valence-electron chi connectivity index (χ3n) is 4.45. The maximum absolute atomic E-state index is 10.4. The first-order valence-corrected chi connectivity index (χ1v) is 9.18. The first kappa shape index (κ1) is 22.2. The number of rotatable bonds is 7. The van der Waals surface area contributed by atoms with Gasteiger partial charge in [0.25, 0.3) is 0 Å². The van der Waals surface area contributed by atoms with E-state index in [-0.39, 0.29) is 12.4 Å². The average molecular weight is 400 g/mol. The van der Waals surface area contributed by atoms with Crippen LogP contribution in [0.5, 0.6) is 0 Å². The van der Waals surface area contributed by atoms with Crippen molar-refractivity contribution < 1.29 is 49.6 Å². The van der Waals surface area contributed by atoms with Crippen LogP contribution in [0.2, 0.25) is 0 Å². The lowest BCUT2D eigenvalue weighted by atomic mass is 9.97. The summed E-state index contributed by atoms with van der Waals surface area (Å²) in [5.41, 5.74) is 0. The normalized spacial score (nSPS) is 47.1. The largest absolute Gasteiger partial charge is 0.394 e. The minimum absolute atomic E-state index is 0.0491. The summed E-state index contributed by atoms with van der Waals surface area (Å²) >= 11 is 4.01. The van der Waals surface area contributed by atoms with Crippen LogP contribution in [-0.2, 0) is 18.9 Å². The van der Waals surface area contributed by atoms with Crippen molar-refractivity contribution in [2.24, 2.45) is 0 Å². The molecule has 154 valence electrons. The molecule has 0 aliphatic carbocycles. The maximum atomic E-state index is 10.4. The number of thiol groups is 1. The highest BCUT2D eigenvalue weighted by Crippen LogP contribution is 2.29. The van der Waals surface area contributed by atoms with Crippen molar-refractivity contribution >= 4 is 12.6 Å². The Kier molecular flexibility index (Phi) is 8.50. The zero-order chi connectivity index (χ0) is 19.4. The molecule has 0 aromatic heterocycles. The lowest BCUT2D eigenvalue weighted by molar-refractivity contribution is -0.356. The van der Waals surface area contributed by atoms with E-state index in [1.165, 1.54) is 0 Å². The van der Waals surface area contributed by atoms with Crippen LogP contribution < -0.4 is 0 Å². The molecular weight excluding hydrogens is 372 g/mol. The van der Waals surface area contributed by atoms with Gasteiger partial charge in [0.2, 0.25) is 0 Å². The molecule has 2 rings (SSSR count). The second kappa shape index (κ2) is 9.94. The van der Waals surface area contributed by atoms with Crippen LogP contribution >= 0.6 is 12.6 Å². The molecular formula is C15H28O10S. The predicted molar refractivity (Wildman–Crippen MR) is 89.4 cm³/mol. The molecule has 10 atom stereocenters. The molecule has 0 spiro atoms. The molecule has 11 heteroatoms. The summed E-state index contributed by atoms with van der Waals surface area (Å²) in [6, 6.07) is 0. The highest BCUT2D eigenvalue weighted by Gasteiger charge is 2.50. The first-order chi connectivity index (χ1) is 12.3. The second-order valence-corrected chi connectivity index (χ2v) is 6.74. The highest BCUT2D eigenvalue weighted by molar-refractivity contribution is 7.80. The number of ether oxygens (including phenoxy) is 4. The molecule has 2 aliphatic rings. The molecule has 6 N–H and O–H groups in total. The van der Waals surface area contributed by atoms with E-state index in [1.54, 1.807) is 0 Å². The van der Waals surface area contributed by atoms with Gasteiger partial charge in [0.05, 0.1) is 12.7 Å². The Balaban J connectivity index is 2.09. The van der Waals surface area contributed by atoms with E-state index in [0.717, 1.165) is 0 Å². The van der Waals surface area contributed by atoms with Gasteiger partial charge >= 0.3 is 0 Å².